The molecule has 5 aromatic carbocycles. The molecule has 2 aromatic heterocycles. The van der Waals surface area contributed by atoms with Crippen molar-refractivity contribution < 1.29 is 10.2 Å². The lowest BCUT2D eigenvalue weighted by atomic mass is 9.87. The summed E-state index contributed by atoms with van der Waals surface area (Å²) >= 11 is 0. The number of fused-ring (bicyclic) bond motifs is 1. The molecule has 0 aliphatic heterocycles. The van der Waals surface area contributed by atoms with Gasteiger partial charge in [0.2, 0.25) is 0 Å². The van der Waals surface area contributed by atoms with E-state index in [4.69, 9.17) is 0 Å². The van der Waals surface area contributed by atoms with Gasteiger partial charge < -0.3 is 10.2 Å². The molecule has 7 rings (SSSR count). The molecule has 30 heavy (non-hydrogen) atoms. The molecule has 142 valence electrons. The molecule has 0 amide bonds. The zero-order valence-corrected chi connectivity index (χ0v) is 15.9. The Hall–Kier alpha value is -4.18. The summed E-state index contributed by atoms with van der Waals surface area (Å²) in [5.41, 5.74) is 4.19. The third-order valence-electron chi connectivity index (χ3n) is 5.84. The average Bonchev–Trinajstić information content (AvgIpc) is 2.81. The van der Waals surface area contributed by atoms with Gasteiger partial charge in [-0.15, -0.1) is 0 Å². The topological polar surface area (TPSA) is 66.2 Å². The molecule has 0 aliphatic carbocycles. The maximum atomic E-state index is 10.8. The Bertz CT molecular complexity index is 1430. The Morgan fingerprint density at radius 2 is 0.833 bits per heavy atom. The Labute approximate surface area is 172 Å². The molecular weight excluding hydrogens is 372 g/mol. The van der Waals surface area contributed by atoms with Gasteiger partial charge in [0.1, 0.15) is 0 Å². The SMILES string of the molecule is Oc1c(O)c2c3ccc(-c4ccncc4)cc3c1c1ccc(-c3ccncc3)cc12. The lowest BCUT2D eigenvalue weighted by Crippen LogP contribution is -1.90. The van der Waals surface area contributed by atoms with Gasteiger partial charge in [-0.2, -0.15) is 0 Å². The number of hydrogen-bond acceptors (Lipinski definition) is 4. The zero-order valence-electron chi connectivity index (χ0n) is 15.9. The largest absolute Gasteiger partial charge is 0.504 e. The molecule has 4 heteroatoms. The lowest BCUT2D eigenvalue weighted by Gasteiger charge is -2.18. The molecule has 0 saturated carbocycles. The zero-order chi connectivity index (χ0) is 20.2. The molecule has 2 bridgehead atoms. The molecule has 0 radical (unpaired) electrons. The lowest BCUT2D eigenvalue weighted by molar-refractivity contribution is 0.412. The van der Waals surface area contributed by atoms with Crippen molar-refractivity contribution in [1.29, 1.82) is 0 Å². The highest BCUT2D eigenvalue weighted by molar-refractivity contribution is 6.32. The number of rotatable bonds is 2. The van der Waals surface area contributed by atoms with Gasteiger partial charge in [-0.3, -0.25) is 9.97 Å². The molecule has 7 aromatic rings. The normalized spacial score (nSPS) is 11.6. The number of nitrogens with zero attached hydrogens (tertiary/aromatic N) is 2. The van der Waals surface area contributed by atoms with Gasteiger partial charge in [0, 0.05) is 35.6 Å². The molecule has 0 fully saturated rings. The van der Waals surface area contributed by atoms with Gasteiger partial charge in [-0.05, 0) is 80.2 Å². The number of hydrogen-bond donors (Lipinski definition) is 2. The Morgan fingerprint density at radius 1 is 0.433 bits per heavy atom. The number of phenolic OH excluding ortho intramolecular Hbond substituents is 2. The summed E-state index contributed by atoms with van der Waals surface area (Å²) in [5, 5.41) is 26.6. The van der Waals surface area contributed by atoms with E-state index in [0.717, 1.165) is 43.8 Å². The van der Waals surface area contributed by atoms with Crippen LogP contribution in [0.4, 0.5) is 0 Å². The summed E-state index contributed by atoms with van der Waals surface area (Å²) in [5.74, 6) is -0.123. The fraction of sp³-hybridized carbons (Fsp3) is 0. The Balaban J connectivity index is 1.70. The van der Waals surface area contributed by atoms with Crippen LogP contribution in [0, 0.1) is 0 Å². The van der Waals surface area contributed by atoms with Crippen molar-refractivity contribution in [3.8, 4) is 33.8 Å². The van der Waals surface area contributed by atoms with Crippen LogP contribution < -0.4 is 0 Å². The summed E-state index contributed by atoms with van der Waals surface area (Å²) in [4.78, 5) is 8.18. The van der Waals surface area contributed by atoms with Crippen molar-refractivity contribution in [2.45, 2.75) is 0 Å². The molecule has 0 saturated heterocycles. The summed E-state index contributed by atoms with van der Waals surface area (Å²) in [7, 11) is 0. The van der Waals surface area contributed by atoms with Gasteiger partial charge in [0.25, 0.3) is 0 Å². The van der Waals surface area contributed by atoms with E-state index in [2.05, 4.69) is 22.1 Å². The fourth-order valence-electron chi connectivity index (χ4n) is 4.42. The number of phenols is 4. The van der Waals surface area contributed by atoms with Crippen LogP contribution in [0.25, 0.3) is 54.6 Å². The van der Waals surface area contributed by atoms with E-state index in [1.807, 2.05) is 48.5 Å². The van der Waals surface area contributed by atoms with Crippen molar-refractivity contribution in [3.63, 3.8) is 0 Å². The van der Waals surface area contributed by atoms with Crippen LogP contribution in [-0.2, 0) is 0 Å². The molecular formula is C26H16N2O2. The van der Waals surface area contributed by atoms with Crippen LogP contribution in [0.5, 0.6) is 11.5 Å². The van der Waals surface area contributed by atoms with Crippen LogP contribution in [0.3, 0.4) is 0 Å². The minimum atomic E-state index is -0.0615. The summed E-state index contributed by atoms with van der Waals surface area (Å²) in [6, 6.07) is 20.1. The monoisotopic (exact) mass is 388 g/mol. The number of benzene rings is 5. The molecule has 2 N–H and O–H groups in total. The fourth-order valence-corrected chi connectivity index (χ4v) is 4.42. The second-order valence-electron chi connectivity index (χ2n) is 7.44. The van der Waals surface area contributed by atoms with Crippen molar-refractivity contribution in [2.75, 3.05) is 0 Å². The van der Waals surface area contributed by atoms with Crippen molar-refractivity contribution >= 4 is 32.3 Å². The van der Waals surface area contributed by atoms with E-state index in [-0.39, 0.29) is 11.5 Å². The summed E-state index contributed by atoms with van der Waals surface area (Å²) in [6.45, 7) is 0. The number of aromatic nitrogens is 2. The third kappa shape index (κ3) is 2.28. The third-order valence-corrected chi connectivity index (χ3v) is 5.84. The minimum absolute atomic E-state index is 0.0615. The van der Waals surface area contributed by atoms with E-state index in [9.17, 15) is 10.2 Å². The van der Waals surface area contributed by atoms with E-state index < -0.39 is 0 Å². The first kappa shape index (κ1) is 16.7. The first-order valence-electron chi connectivity index (χ1n) is 9.69. The first-order valence-corrected chi connectivity index (χ1v) is 9.69. The highest BCUT2D eigenvalue weighted by atomic mass is 16.3. The standard InChI is InChI=1S/C26H16N2O2/c29-25-23-19-3-1-17(15-5-9-27-10-6-15)13-21(19)24(26(25)30)20-4-2-18(14-22(20)23)16-7-11-28-12-8-16/h1-14,29-30H. The van der Waals surface area contributed by atoms with Crippen LogP contribution in [0.2, 0.25) is 0 Å². The van der Waals surface area contributed by atoms with Gasteiger partial charge in [0.05, 0.1) is 0 Å². The second-order valence-corrected chi connectivity index (χ2v) is 7.44. The van der Waals surface area contributed by atoms with Gasteiger partial charge in [-0.25, -0.2) is 0 Å². The van der Waals surface area contributed by atoms with Crippen molar-refractivity contribution in [3.05, 3.63) is 85.5 Å². The number of pyridine rings is 2. The molecule has 2 heterocycles. The molecule has 4 nitrogen and oxygen atoms in total. The summed E-state index contributed by atoms with van der Waals surface area (Å²) in [6.07, 6.45) is 7.06. The van der Waals surface area contributed by atoms with Crippen LogP contribution >= 0.6 is 0 Å². The summed E-state index contributed by atoms with van der Waals surface area (Å²) < 4.78 is 0. The maximum absolute atomic E-state index is 10.8. The van der Waals surface area contributed by atoms with E-state index >= 15 is 0 Å². The minimum Gasteiger partial charge on any atom is -0.504 e. The van der Waals surface area contributed by atoms with Crippen LogP contribution in [0.15, 0.2) is 85.5 Å². The van der Waals surface area contributed by atoms with Crippen molar-refractivity contribution in [2.24, 2.45) is 0 Å². The van der Waals surface area contributed by atoms with Gasteiger partial charge in [-0.1, -0.05) is 24.3 Å². The van der Waals surface area contributed by atoms with Crippen LogP contribution in [0.1, 0.15) is 0 Å². The van der Waals surface area contributed by atoms with Crippen LogP contribution in [-0.4, -0.2) is 20.2 Å². The quantitative estimate of drug-likeness (QED) is 0.277. The predicted octanol–water partition coefficient (Wildman–Crippen LogP) is 6.12. The van der Waals surface area contributed by atoms with E-state index in [1.165, 1.54) is 0 Å². The van der Waals surface area contributed by atoms with E-state index in [0.29, 0.717) is 10.8 Å². The Morgan fingerprint density at radius 3 is 1.23 bits per heavy atom. The molecule has 0 spiro atoms. The second kappa shape index (κ2) is 6.16. The van der Waals surface area contributed by atoms with E-state index in [1.54, 1.807) is 24.8 Å². The number of aromatic hydroxyl groups is 2. The highest BCUT2D eigenvalue weighted by Gasteiger charge is 2.21. The first-order chi connectivity index (χ1) is 14.7. The van der Waals surface area contributed by atoms with Crippen molar-refractivity contribution in [1.82, 2.24) is 9.97 Å². The van der Waals surface area contributed by atoms with Gasteiger partial charge in [0.15, 0.2) is 11.5 Å². The molecule has 0 unspecified atom stereocenters. The average molecular weight is 388 g/mol. The predicted molar refractivity (Wildman–Crippen MR) is 120 cm³/mol. The highest BCUT2D eigenvalue weighted by Crippen LogP contribution is 2.51. The molecule has 0 aliphatic rings. The van der Waals surface area contributed by atoms with Gasteiger partial charge >= 0.3 is 0 Å². The Kier molecular flexibility index (Phi) is 3.44. The molecule has 0 atom stereocenters. The maximum Gasteiger partial charge on any atom is 0.166 e. The smallest absolute Gasteiger partial charge is 0.166 e.